The number of amides is 1. The molecule has 5 nitrogen and oxygen atoms in total. The number of hydrogen-bond acceptors (Lipinski definition) is 3. The maximum absolute atomic E-state index is 11.1. The molecule has 0 aliphatic heterocycles. The molecule has 0 saturated carbocycles. The molecule has 0 radical (unpaired) electrons. The molecule has 0 aromatic rings. The maximum atomic E-state index is 11.1. The third kappa shape index (κ3) is 7.85. The molecular formula is C11H20ClNO4. The van der Waals surface area contributed by atoms with Crippen molar-refractivity contribution in [1.29, 1.82) is 0 Å². The van der Waals surface area contributed by atoms with Crippen molar-refractivity contribution in [2.24, 2.45) is 11.3 Å². The standard InChI is InChI=1S/C11H20ClNO4/c1-8(2)4-11(3,5-9(14)15)6-13-10(16)17-7-12/h8H,4-7H2,1-3H3,(H,13,16)(H,14,15). The molecule has 100 valence electrons. The molecule has 1 unspecified atom stereocenters. The Balaban J connectivity index is 4.37. The number of carbonyl (C=O) groups excluding carboxylic acids is 1. The summed E-state index contributed by atoms with van der Waals surface area (Å²) in [6, 6.07) is -0.217. The molecule has 0 aromatic heterocycles. The summed E-state index contributed by atoms with van der Waals surface area (Å²) in [6.45, 7) is 6.11. The van der Waals surface area contributed by atoms with Gasteiger partial charge in [-0.1, -0.05) is 32.4 Å². The molecular weight excluding hydrogens is 246 g/mol. The lowest BCUT2D eigenvalue weighted by Crippen LogP contribution is -2.38. The molecule has 17 heavy (non-hydrogen) atoms. The Morgan fingerprint density at radius 3 is 2.47 bits per heavy atom. The molecule has 0 saturated heterocycles. The number of ether oxygens (including phenoxy) is 1. The molecule has 0 aliphatic carbocycles. The molecule has 0 aromatic carbocycles. The molecule has 0 aliphatic rings. The topological polar surface area (TPSA) is 75.6 Å². The minimum atomic E-state index is -0.874. The van der Waals surface area contributed by atoms with Crippen LogP contribution in [-0.2, 0) is 9.53 Å². The lowest BCUT2D eigenvalue weighted by molar-refractivity contribution is -0.139. The van der Waals surface area contributed by atoms with Crippen molar-refractivity contribution < 1.29 is 19.4 Å². The number of aliphatic carboxylic acids is 1. The summed E-state index contributed by atoms with van der Waals surface area (Å²) < 4.78 is 4.52. The fraction of sp³-hybridized carbons (Fsp3) is 0.818. The summed E-state index contributed by atoms with van der Waals surface area (Å²) in [7, 11) is 0. The van der Waals surface area contributed by atoms with Crippen molar-refractivity contribution in [3.05, 3.63) is 0 Å². The van der Waals surface area contributed by atoms with E-state index in [1.54, 1.807) is 0 Å². The average molecular weight is 266 g/mol. The van der Waals surface area contributed by atoms with Gasteiger partial charge in [0.15, 0.2) is 6.07 Å². The Morgan fingerprint density at radius 1 is 1.47 bits per heavy atom. The first-order valence-corrected chi connectivity index (χ1v) is 6.01. The first-order valence-electron chi connectivity index (χ1n) is 5.47. The van der Waals surface area contributed by atoms with Gasteiger partial charge in [-0.2, -0.15) is 0 Å². The van der Waals surface area contributed by atoms with Crippen LogP contribution in [0.15, 0.2) is 0 Å². The van der Waals surface area contributed by atoms with Crippen molar-refractivity contribution in [3.8, 4) is 0 Å². The van der Waals surface area contributed by atoms with Gasteiger partial charge in [0.1, 0.15) is 0 Å². The minimum Gasteiger partial charge on any atom is -0.481 e. The Kier molecular flexibility index (Phi) is 6.95. The maximum Gasteiger partial charge on any atom is 0.408 e. The summed E-state index contributed by atoms with van der Waals surface area (Å²) in [5, 5.41) is 11.4. The monoisotopic (exact) mass is 265 g/mol. The van der Waals surface area contributed by atoms with Gasteiger partial charge >= 0.3 is 12.1 Å². The zero-order valence-electron chi connectivity index (χ0n) is 10.5. The molecule has 2 N–H and O–H groups in total. The first-order chi connectivity index (χ1) is 7.79. The van der Waals surface area contributed by atoms with Gasteiger partial charge in [0.05, 0.1) is 6.42 Å². The van der Waals surface area contributed by atoms with Gasteiger partial charge in [0.25, 0.3) is 0 Å². The smallest absolute Gasteiger partial charge is 0.408 e. The molecule has 0 spiro atoms. The zero-order valence-corrected chi connectivity index (χ0v) is 11.2. The van der Waals surface area contributed by atoms with Crippen LogP contribution in [0.2, 0.25) is 0 Å². The van der Waals surface area contributed by atoms with Gasteiger partial charge in [-0.15, -0.1) is 0 Å². The highest BCUT2D eigenvalue weighted by atomic mass is 35.5. The predicted molar refractivity (Wildman–Crippen MR) is 65.0 cm³/mol. The number of carbonyl (C=O) groups is 2. The number of carboxylic acids is 1. The fourth-order valence-corrected chi connectivity index (χ4v) is 2.04. The average Bonchev–Trinajstić information content (AvgIpc) is 2.12. The van der Waals surface area contributed by atoms with Gasteiger partial charge in [-0.25, -0.2) is 4.79 Å². The molecule has 0 rings (SSSR count). The van der Waals surface area contributed by atoms with E-state index >= 15 is 0 Å². The Hall–Kier alpha value is -0.970. The summed E-state index contributed by atoms with van der Waals surface area (Å²) >= 11 is 5.24. The number of halogens is 1. The van der Waals surface area contributed by atoms with E-state index in [0.717, 1.165) is 0 Å². The highest BCUT2D eigenvalue weighted by Gasteiger charge is 2.29. The van der Waals surface area contributed by atoms with E-state index in [4.69, 9.17) is 16.7 Å². The van der Waals surface area contributed by atoms with E-state index < -0.39 is 17.5 Å². The van der Waals surface area contributed by atoms with Gasteiger partial charge in [0, 0.05) is 6.54 Å². The van der Waals surface area contributed by atoms with Crippen LogP contribution >= 0.6 is 11.6 Å². The van der Waals surface area contributed by atoms with Crippen LogP contribution in [0.5, 0.6) is 0 Å². The predicted octanol–water partition coefficient (Wildman–Crippen LogP) is 2.44. The van der Waals surface area contributed by atoms with E-state index in [1.165, 1.54) is 0 Å². The fourth-order valence-electron chi connectivity index (χ4n) is 1.94. The van der Waals surface area contributed by atoms with E-state index in [2.05, 4.69) is 10.1 Å². The van der Waals surface area contributed by atoms with Crippen LogP contribution in [0.25, 0.3) is 0 Å². The summed E-state index contributed by atoms with van der Waals surface area (Å²) in [4.78, 5) is 21.9. The summed E-state index contributed by atoms with van der Waals surface area (Å²) in [5.41, 5.74) is -0.481. The van der Waals surface area contributed by atoms with Crippen LogP contribution in [0.3, 0.4) is 0 Å². The number of rotatable bonds is 7. The lowest BCUT2D eigenvalue weighted by Gasteiger charge is -2.29. The Bertz CT molecular complexity index is 270. The van der Waals surface area contributed by atoms with Crippen LogP contribution in [0, 0.1) is 11.3 Å². The third-order valence-corrected chi connectivity index (χ3v) is 2.43. The van der Waals surface area contributed by atoms with E-state index in [-0.39, 0.29) is 19.0 Å². The molecule has 0 fully saturated rings. The number of hydrogen-bond donors (Lipinski definition) is 2. The Labute approximate surface area is 106 Å². The van der Waals surface area contributed by atoms with Gasteiger partial charge < -0.3 is 15.2 Å². The Morgan fingerprint density at radius 2 is 2.06 bits per heavy atom. The largest absolute Gasteiger partial charge is 0.481 e. The van der Waals surface area contributed by atoms with Crippen LogP contribution < -0.4 is 5.32 Å². The van der Waals surface area contributed by atoms with Crippen molar-refractivity contribution in [1.82, 2.24) is 5.32 Å². The molecule has 1 amide bonds. The highest BCUT2D eigenvalue weighted by molar-refractivity contribution is 6.17. The van der Waals surface area contributed by atoms with E-state index in [0.29, 0.717) is 12.3 Å². The van der Waals surface area contributed by atoms with Crippen LogP contribution in [-0.4, -0.2) is 29.8 Å². The van der Waals surface area contributed by atoms with Crippen molar-refractivity contribution >= 4 is 23.7 Å². The summed E-state index contributed by atoms with van der Waals surface area (Å²) in [5.74, 6) is -0.522. The molecule has 6 heteroatoms. The van der Waals surface area contributed by atoms with Crippen LogP contribution in [0.1, 0.15) is 33.6 Å². The van der Waals surface area contributed by atoms with Gasteiger partial charge in [-0.05, 0) is 17.8 Å². The van der Waals surface area contributed by atoms with Gasteiger partial charge in [0.2, 0.25) is 0 Å². The molecule has 0 bridgehead atoms. The minimum absolute atomic E-state index is 0.00628. The number of carboxylic acid groups (broad SMARTS) is 1. The quantitative estimate of drug-likeness (QED) is 0.693. The van der Waals surface area contributed by atoms with Crippen molar-refractivity contribution in [2.45, 2.75) is 33.6 Å². The second-order valence-electron chi connectivity index (χ2n) is 4.87. The second kappa shape index (κ2) is 7.37. The molecule has 0 heterocycles. The zero-order chi connectivity index (χ0) is 13.5. The number of alkyl halides is 1. The van der Waals surface area contributed by atoms with E-state index in [9.17, 15) is 9.59 Å². The highest BCUT2D eigenvalue weighted by Crippen LogP contribution is 2.29. The lowest BCUT2D eigenvalue weighted by atomic mass is 9.79. The van der Waals surface area contributed by atoms with Crippen molar-refractivity contribution in [2.75, 3.05) is 12.6 Å². The third-order valence-electron chi connectivity index (χ3n) is 2.32. The van der Waals surface area contributed by atoms with Crippen molar-refractivity contribution in [3.63, 3.8) is 0 Å². The molecule has 1 atom stereocenters. The summed E-state index contributed by atoms with van der Waals surface area (Å²) in [6.07, 6.45) is 0.0904. The van der Waals surface area contributed by atoms with Crippen LogP contribution in [0.4, 0.5) is 4.79 Å². The van der Waals surface area contributed by atoms with E-state index in [1.807, 2.05) is 20.8 Å². The number of nitrogens with one attached hydrogen (secondary N) is 1. The SMILES string of the molecule is CC(C)CC(C)(CNC(=O)OCCl)CC(=O)O. The normalized spacial score (nSPS) is 14.2. The second-order valence-corrected chi connectivity index (χ2v) is 5.09. The van der Waals surface area contributed by atoms with Gasteiger partial charge in [-0.3, -0.25) is 4.79 Å². The first kappa shape index (κ1) is 16.0. The number of alkyl carbamates (subject to hydrolysis) is 1.